The molecule has 0 saturated carbocycles. The van der Waals surface area contributed by atoms with E-state index in [9.17, 15) is 9.59 Å². The summed E-state index contributed by atoms with van der Waals surface area (Å²) in [4.78, 5) is 29.9. The average molecular weight is 391 g/mol. The van der Waals surface area contributed by atoms with Crippen molar-refractivity contribution in [3.8, 4) is 17.0 Å². The fourth-order valence-electron chi connectivity index (χ4n) is 2.96. The number of fused-ring (bicyclic) bond motifs is 1. The van der Waals surface area contributed by atoms with Gasteiger partial charge in [0.2, 0.25) is 0 Å². The number of Topliss-reactive ketones (excluding diaryl/α,β-unsaturated/α-hetero) is 1. The highest BCUT2D eigenvalue weighted by atomic mass is 32.1. The van der Waals surface area contributed by atoms with Crippen LogP contribution in [0.2, 0.25) is 0 Å². The van der Waals surface area contributed by atoms with Crippen molar-refractivity contribution < 1.29 is 9.53 Å². The Labute approximate surface area is 165 Å². The van der Waals surface area contributed by atoms with Gasteiger partial charge in [0.05, 0.1) is 16.8 Å². The van der Waals surface area contributed by atoms with Gasteiger partial charge in [-0.25, -0.2) is 9.67 Å². The topological polar surface area (TPSA) is 74.1 Å². The fraction of sp³-hybridized carbons (Fsp3) is 0.143. The molecule has 6 nitrogen and oxygen atoms in total. The second kappa shape index (κ2) is 7.36. The fourth-order valence-corrected chi connectivity index (χ4v) is 3.88. The number of rotatable bonds is 5. The van der Waals surface area contributed by atoms with Crippen LogP contribution in [0, 0.1) is 6.92 Å². The molecule has 4 aromatic rings. The summed E-state index contributed by atoms with van der Waals surface area (Å²) in [6, 6.07) is 16.3. The molecule has 28 heavy (non-hydrogen) atoms. The van der Waals surface area contributed by atoms with Crippen LogP contribution >= 0.6 is 11.3 Å². The van der Waals surface area contributed by atoms with Crippen molar-refractivity contribution in [3.63, 3.8) is 0 Å². The highest BCUT2D eigenvalue weighted by Crippen LogP contribution is 2.30. The molecule has 2 aromatic heterocycles. The largest absolute Gasteiger partial charge is 0.497 e. The predicted molar refractivity (Wildman–Crippen MR) is 109 cm³/mol. The molecule has 0 atom stereocenters. The number of carbonyl (C=O) groups excluding carboxylic acids is 1. The molecule has 140 valence electrons. The van der Waals surface area contributed by atoms with E-state index in [0.29, 0.717) is 16.8 Å². The van der Waals surface area contributed by atoms with Crippen LogP contribution in [-0.2, 0) is 6.54 Å². The Hall–Kier alpha value is -3.32. The molecule has 0 saturated heterocycles. The first-order chi connectivity index (χ1) is 13.6. The minimum Gasteiger partial charge on any atom is -0.497 e. The second-order valence-corrected chi connectivity index (χ2v) is 7.44. The maximum atomic E-state index is 12.9. The van der Waals surface area contributed by atoms with Crippen molar-refractivity contribution in [2.45, 2.75) is 13.5 Å². The number of methoxy groups -OCH3 is 1. The Morgan fingerprint density at radius 2 is 1.82 bits per heavy atom. The first-order valence-electron chi connectivity index (χ1n) is 8.68. The van der Waals surface area contributed by atoms with Gasteiger partial charge < -0.3 is 4.74 Å². The smallest absolute Gasteiger partial charge is 0.294 e. The van der Waals surface area contributed by atoms with Crippen molar-refractivity contribution in [2.24, 2.45) is 0 Å². The summed E-state index contributed by atoms with van der Waals surface area (Å²) in [5, 5.41) is 5.29. The van der Waals surface area contributed by atoms with E-state index in [2.05, 4.69) is 10.1 Å². The molecule has 0 N–H and O–H groups in total. The lowest BCUT2D eigenvalue weighted by molar-refractivity contribution is 0.0966. The highest BCUT2D eigenvalue weighted by molar-refractivity contribution is 7.19. The number of carbonyl (C=O) groups is 1. The van der Waals surface area contributed by atoms with Gasteiger partial charge in [0.25, 0.3) is 5.56 Å². The Balaban J connectivity index is 1.84. The van der Waals surface area contributed by atoms with Crippen LogP contribution in [0.5, 0.6) is 5.75 Å². The maximum absolute atomic E-state index is 12.9. The van der Waals surface area contributed by atoms with Gasteiger partial charge in [-0.2, -0.15) is 5.10 Å². The monoisotopic (exact) mass is 391 g/mol. The highest BCUT2D eigenvalue weighted by Gasteiger charge is 2.18. The third-order valence-electron chi connectivity index (χ3n) is 4.36. The molecule has 2 heterocycles. The third-order valence-corrected chi connectivity index (χ3v) is 5.34. The van der Waals surface area contributed by atoms with Gasteiger partial charge in [-0.15, -0.1) is 11.3 Å². The molecule has 0 bridgehead atoms. The van der Waals surface area contributed by atoms with E-state index in [1.807, 2.05) is 37.3 Å². The summed E-state index contributed by atoms with van der Waals surface area (Å²) in [6.45, 7) is 1.71. The molecular formula is C21H17N3O3S. The number of nitrogens with zero attached hydrogens (tertiary/aromatic N) is 3. The van der Waals surface area contributed by atoms with Crippen molar-refractivity contribution in [1.82, 2.24) is 14.8 Å². The Kier molecular flexibility index (Phi) is 4.75. The van der Waals surface area contributed by atoms with E-state index in [0.717, 1.165) is 21.0 Å². The lowest BCUT2D eigenvalue weighted by atomic mass is 10.1. The average Bonchev–Trinajstić information content (AvgIpc) is 3.12. The number of ketones is 1. The van der Waals surface area contributed by atoms with Gasteiger partial charge in [0, 0.05) is 11.1 Å². The summed E-state index contributed by atoms with van der Waals surface area (Å²) in [5.41, 5.74) is 1.97. The van der Waals surface area contributed by atoms with Gasteiger partial charge in [0.15, 0.2) is 11.3 Å². The summed E-state index contributed by atoms with van der Waals surface area (Å²) in [5.74, 6) is 0.551. The van der Waals surface area contributed by atoms with Crippen LogP contribution < -0.4 is 10.3 Å². The Morgan fingerprint density at radius 1 is 1.11 bits per heavy atom. The predicted octanol–water partition coefficient (Wildman–Crippen LogP) is 3.72. The van der Waals surface area contributed by atoms with E-state index in [4.69, 9.17) is 4.74 Å². The lowest BCUT2D eigenvalue weighted by Gasteiger charge is -2.09. The summed E-state index contributed by atoms with van der Waals surface area (Å²) in [7, 11) is 1.60. The van der Waals surface area contributed by atoms with E-state index in [1.165, 1.54) is 16.0 Å². The van der Waals surface area contributed by atoms with Crippen LogP contribution in [0.15, 0.2) is 59.4 Å². The van der Waals surface area contributed by atoms with Crippen molar-refractivity contribution in [3.05, 3.63) is 75.5 Å². The first kappa shape index (κ1) is 18.1. The molecule has 0 radical (unpaired) electrons. The van der Waals surface area contributed by atoms with E-state index in [-0.39, 0.29) is 17.9 Å². The van der Waals surface area contributed by atoms with Crippen molar-refractivity contribution in [1.29, 1.82) is 0 Å². The zero-order chi connectivity index (χ0) is 19.7. The molecule has 0 spiro atoms. The molecule has 0 aliphatic rings. The molecule has 0 fully saturated rings. The molecule has 0 unspecified atom stereocenters. The molecule has 4 rings (SSSR count). The minimum absolute atomic E-state index is 0.140. The van der Waals surface area contributed by atoms with Crippen LogP contribution in [0.25, 0.3) is 21.5 Å². The molecule has 0 aliphatic heterocycles. The van der Waals surface area contributed by atoms with Crippen LogP contribution in [-0.4, -0.2) is 27.7 Å². The minimum atomic E-state index is -0.360. The van der Waals surface area contributed by atoms with E-state index >= 15 is 0 Å². The van der Waals surface area contributed by atoms with Gasteiger partial charge in [-0.1, -0.05) is 30.3 Å². The van der Waals surface area contributed by atoms with Gasteiger partial charge in [-0.05, 0) is 31.2 Å². The molecule has 2 aromatic carbocycles. The zero-order valence-corrected chi connectivity index (χ0v) is 16.2. The summed E-state index contributed by atoms with van der Waals surface area (Å²) >= 11 is 1.42. The van der Waals surface area contributed by atoms with Crippen LogP contribution in [0.3, 0.4) is 0 Å². The standard InChI is InChI=1S/C21H17N3O3S/c1-13-22-19-20(28-13)18(15-8-10-16(27-2)11-9-15)23-24(21(19)26)12-17(25)14-6-4-3-5-7-14/h3-11H,12H2,1-2H3. The van der Waals surface area contributed by atoms with Gasteiger partial charge in [-0.3, -0.25) is 9.59 Å². The van der Waals surface area contributed by atoms with Crippen molar-refractivity contribution >= 4 is 27.3 Å². The number of thiazole rings is 1. The summed E-state index contributed by atoms with van der Waals surface area (Å²) < 4.78 is 7.13. The number of aryl methyl sites for hydroxylation is 1. The maximum Gasteiger partial charge on any atom is 0.294 e. The van der Waals surface area contributed by atoms with Gasteiger partial charge >= 0.3 is 0 Å². The lowest BCUT2D eigenvalue weighted by Crippen LogP contribution is -2.27. The number of ether oxygens (including phenoxy) is 1. The second-order valence-electron chi connectivity index (χ2n) is 6.24. The molecule has 7 heteroatoms. The van der Waals surface area contributed by atoms with Crippen molar-refractivity contribution in [2.75, 3.05) is 7.11 Å². The number of hydrogen-bond acceptors (Lipinski definition) is 6. The number of hydrogen-bond donors (Lipinski definition) is 0. The molecule has 0 aliphatic carbocycles. The quantitative estimate of drug-likeness (QED) is 0.485. The van der Waals surface area contributed by atoms with Crippen LogP contribution in [0.4, 0.5) is 0 Å². The van der Waals surface area contributed by atoms with Crippen LogP contribution in [0.1, 0.15) is 15.4 Å². The van der Waals surface area contributed by atoms with Gasteiger partial charge in [0.1, 0.15) is 18.0 Å². The number of aromatic nitrogens is 3. The Morgan fingerprint density at radius 3 is 2.50 bits per heavy atom. The first-order valence-corrected chi connectivity index (χ1v) is 9.49. The number of benzene rings is 2. The zero-order valence-electron chi connectivity index (χ0n) is 15.4. The summed E-state index contributed by atoms with van der Waals surface area (Å²) in [6.07, 6.45) is 0. The molecular weight excluding hydrogens is 374 g/mol. The van der Waals surface area contributed by atoms with E-state index < -0.39 is 0 Å². The molecule has 0 amide bonds. The van der Waals surface area contributed by atoms with E-state index in [1.54, 1.807) is 31.4 Å². The normalized spacial score (nSPS) is 10.9. The SMILES string of the molecule is COc1ccc(-c2nn(CC(=O)c3ccccc3)c(=O)c3nc(C)sc23)cc1. The Bertz CT molecular complexity index is 1210. The third kappa shape index (κ3) is 3.32.